The van der Waals surface area contributed by atoms with Crippen LogP contribution in [0, 0.1) is 13.8 Å². The van der Waals surface area contributed by atoms with Crippen LogP contribution >= 0.6 is 0 Å². The van der Waals surface area contributed by atoms with Gasteiger partial charge in [0.25, 0.3) is 5.91 Å². The lowest BCUT2D eigenvalue weighted by Crippen LogP contribution is -2.20. The van der Waals surface area contributed by atoms with Crippen molar-refractivity contribution >= 4 is 23.6 Å². The van der Waals surface area contributed by atoms with Crippen LogP contribution in [0.15, 0.2) is 42.5 Å². The molecule has 0 saturated heterocycles. The molecule has 0 aliphatic carbocycles. The van der Waals surface area contributed by atoms with E-state index in [2.05, 4.69) is 5.32 Å². The number of hydrogen-bond acceptors (Lipinski definition) is 5. The number of nitrogens with one attached hydrogen (secondary N) is 1. The third-order valence-electron chi connectivity index (χ3n) is 4.03. The highest BCUT2D eigenvalue weighted by Crippen LogP contribution is 2.30. The fourth-order valence-electron chi connectivity index (χ4n) is 2.88. The van der Waals surface area contributed by atoms with E-state index in [1.54, 1.807) is 12.1 Å². The molecule has 1 aliphatic heterocycles. The maximum Gasteiger partial charge on any atom is 0.331 e. The van der Waals surface area contributed by atoms with Gasteiger partial charge in [-0.3, -0.25) is 4.79 Å². The number of carbonyl (C=O) groups excluding carboxylic acids is 2. The highest BCUT2D eigenvalue weighted by Gasteiger charge is 2.10. The second-order valence-electron chi connectivity index (χ2n) is 6.62. The molecule has 1 amide bonds. The highest BCUT2D eigenvalue weighted by atomic mass is 16.5. The molecular weight excluding hydrogens is 358 g/mol. The van der Waals surface area contributed by atoms with Gasteiger partial charge in [-0.25, -0.2) is 4.79 Å². The number of fused-ring (bicyclic) bond motifs is 1. The van der Waals surface area contributed by atoms with Crippen LogP contribution in [-0.4, -0.2) is 31.7 Å². The number of amides is 1. The molecule has 28 heavy (non-hydrogen) atoms. The number of ether oxygens (including phenoxy) is 3. The fourth-order valence-corrected chi connectivity index (χ4v) is 2.88. The average molecular weight is 381 g/mol. The van der Waals surface area contributed by atoms with Crippen LogP contribution < -0.4 is 14.8 Å². The number of rotatable bonds is 5. The molecule has 3 rings (SSSR count). The van der Waals surface area contributed by atoms with Crippen molar-refractivity contribution in [2.75, 3.05) is 25.1 Å². The summed E-state index contributed by atoms with van der Waals surface area (Å²) in [5, 5.41) is 2.72. The Bertz CT molecular complexity index is 884. The van der Waals surface area contributed by atoms with Crippen LogP contribution in [0.5, 0.6) is 11.5 Å². The summed E-state index contributed by atoms with van der Waals surface area (Å²) in [5.74, 6) is 0.367. The third-order valence-corrected chi connectivity index (χ3v) is 4.03. The van der Waals surface area contributed by atoms with Crippen molar-refractivity contribution < 1.29 is 23.8 Å². The van der Waals surface area contributed by atoms with Crippen molar-refractivity contribution in [3.05, 3.63) is 59.2 Å². The Labute approximate surface area is 164 Å². The molecule has 0 bridgehead atoms. The van der Waals surface area contributed by atoms with Gasteiger partial charge in [0.05, 0.1) is 13.2 Å². The van der Waals surface area contributed by atoms with E-state index in [1.165, 1.54) is 6.08 Å². The Hall–Kier alpha value is -3.28. The fraction of sp³-hybridized carbons (Fsp3) is 0.273. The van der Waals surface area contributed by atoms with Gasteiger partial charge in [-0.2, -0.15) is 0 Å². The number of benzene rings is 2. The average Bonchev–Trinajstić information content (AvgIpc) is 2.88. The second-order valence-corrected chi connectivity index (χ2v) is 6.62. The molecule has 0 saturated carbocycles. The monoisotopic (exact) mass is 381 g/mol. The predicted octanol–water partition coefficient (Wildman–Crippen LogP) is 3.66. The Morgan fingerprint density at radius 1 is 1.04 bits per heavy atom. The lowest BCUT2D eigenvalue weighted by atomic mass is 10.1. The zero-order valence-electron chi connectivity index (χ0n) is 16.0. The molecule has 0 spiro atoms. The molecular formula is C22H23NO5. The van der Waals surface area contributed by atoms with Crippen LogP contribution in [-0.2, 0) is 14.3 Å². The van der Waals surface area contributed by atoms with Gasteiger partial charge in [-0.05, 0) is 60.9 Å². The summed E-state index contributed by atoms with van der Waals surface area (Å²) in [6, 6.07) is 11.2. The number of hydrogen-bond donors (Lipinski definition) is 1. The minimum atomic E-state index is -0.595. The summed E-state index contributed by atoms with van der Waals surface area (Å²) in [6.07, 6.45) is 3.72. The van der Waals surface area contributed by atoms with Gasteiger partial charge >= 0.3 is 5.97 Å². The Morgan fingerprint density at radius 3 is 2.50 bits per heavy atom. The van der Waals surface area contributed by atoms with E-state index in [-0.39, 0.29) is 12.5 Å². The van der Waals surface area contributed by atoms with Gasteiger partial charge in [0.2, 0.25) is 0 Å². The number of anilines is 1. The third kappa shape index (κ3) is 5.61. The van der Waals surface area contributed by atoms with E-state index in [1.807, 2.05) is 44.2 Å². The molecule has 0 unspecified atom stereocenters. The summed E-state index contributed by atoms with van der Waals surface area (Å²) in [5.41, 5.74) is 3.55. The second kappa shape index (κ2) is 9.08. The first kappa shape index (κ1) is 19.5. The minimum Gasteiger partial charge on any atom is -0.490 e. The Morgan fingerprint density at radius 2 is 1.75 bits per heavy atom. The SMILES string of the molecule is Cc1cc(C)cc(NC(=O)COC(=O)/C=C/c2ccc3c(c2)OCCCO3)c1. The van der Waals surface area contributed by atoms with E-state index >= 15 is 0 Å². The van der Waals surface area contributed by atoms with Crippen molar-refractivity contribution in [3.63, 3.8) is 0 Å². The van der Waals surface area contributed by atoms with Gasteiger partial charge in [0, 0.05) is 18.2 Å². The van der Waals surface area contributed by atoms with E-state index in [0.717, 1.165) is 23.1 Å². The molecule has 6 nitrogen and oxygen atoms in total. The Balaban J connectivity index is 1.51. The first-order chi connectivity index (χ1) is 13.5. The summed E-state index contributed by atoms with van der Waals surface area (Å²) in [6.45, 7) is 4.77. The minimum absolute atomic E-state index is 0.350. The molecule has 2 aromatic carbocycles. The van der Waals surface area contributed by atoms with Crippen LogP contribution in [0.3, 0.4) is 0 Å². The van der Waals surface area contributed by atoms with E-state index in [9.17, 15) is 9.59 Å². The smallest absolute Gasteiger partial charge is 0.331 e. The van der Waals surface area contributed by atoms with Crippen LogP contribution in [0.25, 0.3) is 6.08 Å². The van der Waals surface area contributed by atoms with Crippen molar-refractivity contribution in [2.24, 2.45) is 0 Å². The Kier molecular flexibility index (Phi) is 6.32. The molecule has 0 fully saturated rings. The molecule has 0 aromatic heterocycles. The summed E-state index contributed by atoms with van der Waals surface area (Å²) in [7, 11) is 0. The lowest BCUT2D eigenvalue weighted by Gasteiger charge is -2.08. The van der Waals surface area contributed by atoms with Gasteiger partial charge in [0.15, 0.2) is 18.1 Å². The van der Waals surface area contributed by atoms with Gasteiger partial charge in [-0.1, -0.05) is 12.1 Å². The zero-order valence-corrected chi connectivity index (χ0v) is 16.0. The normalized spacial score (nSPS) is 13.1. The van der Waals surface area contributed by atoms with Crippen molar-refractivity contribution in [1.29, 1.82) is 0 Å². The highest BCUT2D eigenvalue weighted by molar-refractivity contribution is 5.94. The summed E-state index contributed by atoms with van der Waals surface area (Å²) < 4.78 is 16.2. The molecule has 0 radical (unpaired) electrons. The maximum atomic E-state index is 12.0. The molecule has 1 N–H and O–H groups in total. The number of esters is 1. The van der Waals surface area contributed by atoms with Gasteiger partial charge < -0.3 is 19.5 Å². The van der Waals surface area contributed by atoms with Crippen LogP contribution in [0.4, 0.5) is 5.69 Å². The van der Waals surface area contributed by atoms with E-state index in [4.69, 9.17) is 14.2 Å². The quantitative estimate of drug-likeness (QED) is 0.632. The number of aryl methyl sites for hydroxylation is 2. The van der Waals surface area contributed by atoms with Crippen LogP contribution in [0.1, 0.15) is 23.1 Å². The van der Waals surface area contributed by atoms with Crippen molar-refractivity contribution in [1.82, 2.24) is 0 Å². The van der Waals surface area contributed by atoms with Crippen LogP contribution in [0.2, 0.25) is 0 Å². The molecule has 146 valence electrons. The van der Waals surface area contributed by atoms with E-state index < -0.39 is 5.97 Å². The first-order valence-corrected chi connectivity index (χ1v) is 9.12. The van der Waals surface area contributed by atoms with Gasteiger partial charge in [0.1, 0.15) is 0 Å². The molecule has 1 heterocycles. The molecule has 0 atom stereocenters. The summed E-state index contributed by atoms with van der Waals surface area (Å²) in [4.78, 5) is 23.8. The number of carbonyl (C=O) groups is 2. The molecule has 1 aliphatic rings. The van der Waals surface area contributed by atoms with E-state index in [0.29, 0.717) is 30.4 Å². The standard InChI is InChI=1S/C22H23NO5/c1-15-10-16(2)12-18(11-15)23-21(24)14-28-22(25)7-5-17-4-6-19-20(13-17)27-9-3-8-26-19/h4-7,10-13H,3,8-9,14H2,1-2H3,(H,23,24)/b7-5+. The zero-order chi connectivity index (χ0) is 19.9. The summed E-state index contributed by atoms with van der Waals surface area (Å²) >= 11 is 0. The topological polar surface area (TPSA) is 73.9 Å². The van der Waals surface area contributed by atoms with Crippen molar-refractivity contribution in [2.45, 2.75) is 20.3 Å². The lowest BCUT2D eigenvalue weighted by molar-refractivity contribution is -0.142. The maximum absolute atomic E-state index is 12.0. The molecule has 6 heteroatoms. The first-order valence-electron chi connectivity index (χ1n) is 9.12. The molecule has 2 aromatic rings. The van der Waals surface area contributed by atoms with Crippen molar-refractivity contribution in [3.8, 4) is 11.5 Å². The van der Waals surface area contributed by atoms with Gasteiger partial charge in [-0.15, -0.1) is 0 Å². The largest absolute Gasteiger partial charge is 0.490 e. The predicted molar refractivity (Wildman–Crippen MR) is 107 cm³/mol.